The van der Waals surface area contributed by atoms with E-state index in [2.05, 4.69) is 55.9 Å². The zero-order chi connectivity index (χ0) is 14.8. The summed E-state index contributed by atoms with van der Waals surface area (Å²) in [6.07, 6.45) is 0. The third-order valence-corrected chi connectivity index (χ3v) is 9.09. The Morgan fingerprint density at radius 2 is 2.00 bits per heavy atom. The molecule has 1 aromatic heterocycles. The van der Waals surface area contributed by atoms with E-state index in [1.165, 1.54) is 0 Å². The highest BCUT2D eigenvalue weighted by Crippen LogP contribution is 2.36. The van der Waals surface area contributed by atoms with Crippen LogP contribution in [0, 0.1) is 18.3 Å². The van der Waals surface area contributed by atoms with E-state index in [0.29, 0.717) is 12.3 Å². The number of aryl methyl sites for hydroxylation is 1. The molecule has 0 saturated heterocycles. The first-order valence-corrected chi connectivity index (χ1v) is 10.2. The Balaban J connectivity index is 2.72. The lowest BCUT2D eigenvalue weighted by molar-refractivity contribution is 0.270. The standard InChI is InChI=1S/C14H23BrN2OSi/c1-11-9-12(15)13(10-16)17(11)7-8-18-19(5,6)14(2,3)4/h9H,7-8H2,1-6H3. The van der Waals surface area contributed by atoms with Gasteiger partial charge in [0.1, 0.15) is 11.8 Å². The van der Waals surface area contributed by atoms with Crippen LogP contribution in [0.2, 0.25) is 18.1 Å². The summed E-state index contributed by atoms with van der Waals surface area (Å²) in [5.74, 6) is 0. The van der Waals surface area contributed by atoms with Gasteiger partial charge in [-0.1, -0.05) is 20.8 Å². The predicted octanol–water partition coefficient (Wildman–Crippen LogP) is 4.45. The van der Waals surface area contributed by atoms with Gasteiger partial charge in [0, 0.05) is 12.2 Å². The van der Waals surface area contributed by atoms with E-state index in [-0.39, 0.29) is 5.04 Å². The fraction of sp³-hybridized carbons (Fsp3) is 0.643. The molecule has 3 nitrogen and oxygen atoms in total. The number of nitriles is 1. The molecule has 0 N–H and O–H groups in total. The van der Waals surface area contributed by atoms with Crippen LogP contribution in [-0.4, -0.2) is 19.5 Å². The molecule has 0 fully saturated rings. The Bertz CT molecular complexity index is 495. The molecule has 0 aliphatic heterocycles. The lowest BCUT2D eigenvalue weighted by atomic mass is 10.2. The Morgan fingerprint density at radius 3 is 2.47 bits per heavy atom. The quantitative estimate of drug-likeness (QED) is 0.758. The van der Waals surface area contributed by atoms with E-state index in [0.717, 1.165) is 16.7 Å². The third-order valence-electron chi connectivity index (χ3n) is 3.95. The first-order chi connectivity index (χ1) is 8.60. The number of halogens is 1. The van der Waals surface area contributed by atoms with Gasteiger partial charge in [-0.15, -0.1) is 0 Å². The first-order valence-electron chi connectivity index (χ1n) is 6.50. The minimum absolute atomic E-state index is 0.220. The van der Waals surface area contributed by atoms with Crippen LogP contribution < -0.4 is 0 Å². The van der Waals surface area contributed by atoms with Gasteiger partial charge in [-0.2, -0.15) is 5.26 Å². The molecule has 0 spiro atoms. The summed E-state index contributed by atoms with van der Waals surface area (Å²) in [4.78, 5) is 0. The third kappa shape index (κ3) is 3.71. The summed E-state index contributed by atoms with van der Waals surface area (Å²) in [5, 5.41) is 9.39. The van der Waals surface area contributed by atoms with Crippen molar-refractivity contribution in [1.29, 1.82) is 5.26 Å². The van der Waals surface area contributed by atoms with Gasteiger partial charge in [-0.3, -0.25) is 0 Å². The van der Waals surface area contributed by atoms with Crippen molar-refractivity contribution in [2.24, 2.45) is 0 Å². The molecule has 19 heavy (non-hydrogen) atoms. The summed E-state index contributed by atoms with van der Waals surface area (Å²) >= 11 is 3.42. The van der Waals surface area contributed by atoms with E-state index in [1.54, 1.807) is 0 Å². The molecule has 0 unspecified atom stereocenters. The molecule has 1 heterocycles. The van der Waals surface area contributed by atoms with Gasteiger partial charge < -0.3 is 8.99 Å². The van der Waals surface area contributed by atoms with Crippen molar-refractivity contribution in [2.45, 2.75) is 52.4 Å². The lowest BCUT2D eigenvalue weighted by Crippen LogP contribution is -2.41. The van der Waals surface area contributed by atoms with Crippen LogP contribution in [0.5, 0.6) is 0 Å². The largest absolute Gasteiger partial charge is 0.415 e. The molecule has 1 aromatic rings. The average molecular weight is 343 g/mol. The molecule has 5 heteroatoms. The molecule has 0 aliphatic carbocycles. The van der Waals surface area contributed by atoms with Crippen molar-refractivity contribution in [1.82, 2.24) is 4.57 Å². The molecule has 0 saturated carbocycles. The minimum Gasteiger partial charge on any atom is -0.415 e. The molecule has 106 valence electrons. The van der Waals surface area contributed by atoms with Crippen molar-refractivity contribution in [3.8, 4) is 6.07 Å². The Morgan fingerprint density at radius 1 is 1.42 bits per heavy atom. The fourth-order valence-corrected chi connectivity index (χ4v) is 3.31. The first kappa shape index (κ1) is 16.5. The van der Waals surface area contributed by atoms with Crippen molar-refractivity contribution in [2.75, 3.05) is 6.61 Å². The summed E-state index contributed by atoms with van der Waals surface area (Å²) in [7, 11) is -1.70. The maximum Gasteiger partial charge on any atom is 0.192 e. The van der Waals surface area contributed by atoms with Crippen LogP contribution in [0.15, 0.2) is 10.5 Å². The molecular formula is C14H23BrN2OSi. The molecule has 0 radical (unpaired) electrons. The van der Waals surface area contributed by atoms with Gasteiger partial charge in [-0.05, 0) is 47.1 Å². The molecule has 0 aromatic carbocycles. The highest BCUT2D eigenvalue weighted by atomic mass is 79.9. The van der Waals surface area contributed by atoms with Crippen LogP contribution in [0.1, 0.15) is 32.2 Å². The van der Waals surface area contributed by atoms with Gasteiger partial charge in [-0.25, -0.2) is 0 Å². The van der Waals surface area contributed by atoms with E-state index in [1.807, 2.05) is 17.6 Å². The van der Waals surface area contributed by atoms with Gasteiger partial charge in [0.25, 0.3) is 0 Å². The van der Waals surface area contributed by atoms with Gasteiger partial charge >= 0.3 is 0 Å². The SMILES string of the molecule is Cc1cc(Br)c(C#N)n1CCO[Si](C)(C)C(C)(C)C. The second-order valence-corrected chi connectivity index (χ2v) is 12.0. The Kier molecular flexibility index (Phi) is 5.05. The van der Waals surface area contributed by atoms with Gasteiger partial charge in [0.2, 0.25) is 0 Å². The maximum atomic E-state index is 9.17. The molecule has 0 bridgehead atoms. The van der Waals surface area contributed by atoms with Crippen LogP contribution in [0.25, 0.3) is 0 Å². The highest BCUT2D eigenvalue weighted by molar-refractivity contribution is 9.10. The van der Waals surface area contributed by atoms with E-state index in [9.17, 15) is 0 Å². The minimum atomic E-state index is -1.70. The van der Waals surface area contributed by atoms with Crippen molar-refractivity contribution in [3.05, 3.63) is 21.9 Å². The topological polar surface area (TPSA) is 38.0 Å². The highest BCUT2D eigenvalue weighted by Gasteiger charge is 2.36. The zero-order valence-corrected chi connectivity index (χ0v) is 15.3. The van der Waals surface area contributed by atoms with Crippen LogP contribution >= 0.6 is 15.9 Å². The average Bonchev–Trinajstić information content (AvgIpc) is 2.51. The van der Waals surface area contributed by atoms with Crippen LogP contribution in [0.3, 0.4) is 0 Å². The number of hydrogen-bond acceptors (Lipinski definition) is 2. The summed E-state index contributed by atoms with van der Waals surface area (Å²) in [6.45, 7) is 14.6. The molecule has 0 atom stereocenters. The van der Waals surface area contributed by atoms with Crippen molar-refractivity contribution < 1.29 is 4.43 Å². The lowest BCUT2D eigenvalue weighted by Gasteiger charge is -2.36. The molecular weight excluding hydrogens is 320 g/mol. The number of nitrogens with zero attached hydrogens (tertiary/aromatic N) is 2. The second kappa shape index (κ2) is 5.82. The molecule has 0 amide bonds. The van der Waals surface area contributed by atoms with Crippen molar-refractivity contribution in [3.63, 3.8) is 0 Å². The maximum absolute atomic E-state index is 9.17. The normalized spacial score (nSPS) is 12.5. The predicted molar refractivity (Wildman–Crippen MR) is 84.7 cm³/mol. The Hall–Kier alpha value is -0.573. The molecule has 1 rings (SSSR count). The van der Waals surface area contributed by atoms with Crippen LogP contribution in [0.4, 0.5) is 0 Å². The van der Waals surface area contributed by atoms with E-state index < -0.39 is 8.32 Å². The number of hydrogen-bond donors (Lipinski definition) is 0. The fourth-order valence-electron chi connectivity index (χ4n) is 1.65. The van der Waals surface area contributed by atoms with E-state index >= 15 is 0 Å². The van der Waals surface area contributed by atoms with Gasteiger partial charge in [0.15, 0.2) is 8.32 Å². The van der Waals surface area contributed by atoms with Gasteiger partial charge in [0.05, 0.1) is 11.1 Å². The van der Waals surface area contributed by atoms with E-state index in [4.69, 9.17) is 9.69 Å². The zero-order valence-electron chi connectivity index (χ0n) is 12.7. The smallest absolute Gasteiger partial charge is 0.192 e. The molecule has 0 aliphatic rings. The number of rotatable bonds is 4. The number of aromatic nitrogens is 1. The summed E-state index contributed by atoms with van der Waals surface area (Å²) in [5.41, 5.74) is 1.76. The summed E-state index contributed by atoms with van der Waals surface area (Å²) in [6, 6.07) is 4.21. The summed E-state index contributed by atoms with van der Waals surface area (Å²) < 4.78 is 9.03. The monoisotopic (exact) mass is 342 g/mol. The van der Waals surface area contributed by atoms with Crippen LogP contribution in [-0.2, 0) is 11.0 Å². The van der Waals surface area contributed by atoms with Crippen molar-refractivity contribution >= 4 is 24.2 Å². The Labute approximate surface area is 125 Å². The second-order valence-electron chi connectivity index (χ2n) is 6.35.